The summed E-state index contributed by atoms with van der Waals surface area (Å²) in [5.74, 6) is -0.566. The summed E-state index contributed by atoms with van der Waals surface area (Å²) >= 11 is 0. The summed E-state index contributed by atoms with van der Waals surface area (Å²) in [4.78, 5) is 11.9. The van der Waals surface area contributed by atoms with E-state index >= 15 is 0 Å². The molecule has 31 atom stereocenters. The van der Waals surface area contributed by atoms with Gasteiger partial charge in [-0.2, -0.15) is 0 Å². The lowest BCUT2D eigenvalue weighted by molar-refractivity contribution is -0.375. The Kier molecular flexibility index (Phi) is 18.9. The number of hydrogen-bond donors (Lipinski definition) is 11. The van der Waals surface area contributed by atoms with E-state index in [9.17, 15) is 61.0 Å². The maximum Gasteiger partial charge on any atom is 0.302 e. The second-order valence-electron chi connectivity index (χ2n) is 25.0. The fraction of sp³-hybridized carbons (Fsp3) is 0.945. The minimum absolute atomic E-state index is 0.0431. The maximum absolute atomic E-state index is 11.9. The van der Waals surface area contributed by atoms with Crippen LogP contribution < -0.4 is 0 Å². The van der Waals surface area contributed by atoms with Gasteiger partial charge in [-0.05, 0) is 98.7 Å². The van der Waals surface area contributed by atoms with Crippen LogP contribution in [0.25, 0.3) is 0 Å². The first-order chi connectivity index (χ1) is 36.9. The van der Waals surface area contributed by atoms with E-state index in [2.05, 4.69) is 33.8 Å². The molecule has 9 aliphatic rings. The third kappa shape index (κ3) is 11.2. The SMILES string of the molecule is COC1(CCC(C)COC2OC(C)C(O)C(O)C2O)OC2CC3C4CC=C5CC(OC6OC(CO)C(O)C(OC7OC(COC(C)=O)C(O)C(OC8OC(CO)C(O)C(O)C8O)C7C)C6O)CCC5(C)C4CCC3(C)C2C1C. The van der Waals surface area contributed by atoms with Gasteiger partial charge in [0.1, 0.15) is 86.0 Å². The Labute approximate surface area is 456 Å². The molecule has 5 saturated heterocycles. The molecular weight excluding hydrogens is 1030 g/mol. The number of hydrogen-bond acceptors (Lipinski definition) is 23. The molecule has 9 rings (SSSR count). The molecule has 3 saturated carbocycles. The van der Waals surface area contributed by atoms with Crippen molar-refractivity contribution in [1.82, 2.24) is 0 Å². The van der Waals surface area contributed by atoms with Gasteiger partial charge in [0.05, 0.1) is 44.2 Å². The van der Waals surface area contributed by atoms with Gasteiger partial charge in [0, 0.05) is 32.3 Å². The third-order valence-corrected chi connectivity index (χ3v) is 20.4. The van der Waals surface area contributed by atoms with Crippen molar-refractivity contribution in [2.45, 2.75) is 241 Å². The van der Waals surface area contributed by atoms with Crippen molar-refractivity contribution in [3.63, 3.8) is 0 Å². The third-order valence-electron chi connectivity index (χ3n) is 20.4. The molecule has 0 aromatic heterocycles. The van der Waals surface area contributed by atoms with Crippen molar-refractivity contribution in [2.24, 2.45) is 52.3 Å². The molecule has 23 heteroatoms. The molecule has 8 fully saturated rings. The van der Waals surface area contributed by atoms with E-state index in [1.807, 2.05) is 0 Å². The summed E-state index contributed by atoms with van der Waals surface area (Å²) in [6.07, 6.45) is -17.3. The molecule has 5 aliphatic heterocycles. The van der Waals surface area contributed by atoms with Gasteiger partial charge in [0.15, 0.2) is 30.9 Å². The number of carbonyl (C=O) groups is 1. The fourth-order valence-corrected chi connectivity index (χ4v) is 15.7. The van der Waals surface area contributed by atoms with Crippen molar-refractivity contribution < 1.29 is 113 Å². The molecule has 31 unspecified atom stereocenters. The van der Waals surface area contributed by atoms with Gasteiger partial charge in [-0.1, -0.05) is 46.3 Å². The summed E-state index contributed by atoms with van der Waals surface area (Å²) in [6.45, 7) is 12.0. The van der Waals surface area contributed by atoms with E-state index in [1.54, 1.807) is 21.0 Å². The topological polar surface area (TPSA) is 341 Å². The number of aliphatic hydroxyl groups is 11. The van der Waals surface area contributed by atoms with Crippen LogP contribution in [0.4, 0.5) is 0 Å². The van der Waals surface area contributed by atoms with Crippen molar-refractivity contribution in [2.75, 3.05) is 33.5 Å². The lowest BCUT2D eigenvalue weighted by atomic mass is 9.47. The lowest BCUT2D eigenvalue weighted by Gasteiger charge is -2.58. The summed E-state index contributed by atoms with van der Waals surface area (Å²) in [5, 5.41) is 118. The standard InChI is InChI=1S/C55H90O23/c1-23(21-70-50-44(65)42(63)38(59)26(4)71-50)11-16-55(68-8)25(3)37-33(78-55)18-32-30-10-9-28-17-29(12-14-53(28,6)31(30)13-15-54(32,37)7)72-52-46(67)48(40(61)35(20-57)74-52)77-49-24(2)47(41(62)36(75-49)22-69-27(5)58)76-51-45(66)43(64)39(60)34(19-56)73-51/h9,23-26,29-52,56-57,59-67H,10-22H2,1-8H3. The van der Waals surface area contributed by atoms with Gasteiger partial charge in [0.25, 0.3) is 0 Å². The average molecular weight is 1120 g/mol. The van der Waals surface area contributed by atoms with E-state index in [4.69, 9.17) is 52.1 Å². The van der Waals surface area contributed by atoms with Crippen LogP contribution in [0.5, 0.6) is 0 Å². The van der Waals surface area contributed by atoms with Gasteiger partial charge in [-0.3, -0.25) is 4.79 Å². The first kappa shape index (κ1) is 60.9. The number of allylic oxidation sites excluding steroid dienone is 1. The Bertz CT molecular complexity index is 2050. The van der Waals surface area contributed by atoms with Crippen molar-refractivity contribution in [3.05, 3.63) is 11.6 Å². The first-order valence-electron chi connectivity index (χ1n) is 28.5. The molecule has 5 heterocycles. The van der Waals surface area contributed by atoms with Crippen LogP contribution in [0.1, 0.15) is 106 Å². The Hall–Kier alpha value is -1.63. The number of esters is 1. The van der Waals surface area contributed by atoms with E-state index in [-0.39, 0.29) is 41.5 Å². The summed E-state index contributed by atoms with van der Waals surface area (Å²) in [7, 11) is 1.74. The maximum atomic E-state index is 11.9. The van der Waals surface area contributed by atoms with Crippen LogP contribution >= 0.6 is 0 Å². The fourth-order valence-electron chi connectivity index (χ4n) is 15.7. The largest absolute Gasteiger partial charge is 0.463 e. The molecule has 448 valence electrons. The molecule has 23 nitrogen and oxygen atoms in total. The molecule has 0 amide bonds. The molecule has 11 N–H and O–H groups in total. The van der Waals surface area contributed by atoms with E-state index < -0.39 is 154 Å². The quantitative estimate of drug-likeness (QED) is 0.0646. The Balaban J connectivity index is 0.828. The molecule has 0 aromatic rings. The average Bonchev–Trinajstić information content (AvgIpc) is 4.00. The summed E-state index contributed by atoms with van der Waals surface area (Å²) in [6, 6.07) is 0. The number of ether oxygens (including phenoxy) is 11. The zero-order valence-electron chi connectivity index (χ0n) is 46.3. The number of carbonyl (C=O) groups excluding carboxylic acids is 1. The highest BCUT2D eigenvalue weighted by Crippen LogP contribution is 2.70. The monoisotopic (exact) mass is 1120 g/mol. The molecule has 0 spiro atoms. The normalized spacial score (nSPS) is 52.6. The predicted molar refractivity (Wildman–Crippen MR) is 268 cm³/mol. The highest BCUT2D eigenvalue weighted by atomic mass is 16.8. The van der Waals surface area contributed by atoms with Crippen LogP contribution in [0.15, 0.2) is 11.6 Å². The predicted octanol–water partition coefficient (Wildman–Crippen LogP) is -0.507. The molecule has 0 radical (unpaired) electrons. The van der Waals surface area contributed by atoms with Gasteiger partial charge < -0.3 is 108 Å². The smallest absolute Gasteiger partial charge is 0.302 e. The lowest BCUT2D eigenvalue weighted by Crippen LogP contribution is -2.65. The van der Waals surface area contributed by atoms with Crippen LogP contribution in [0.2, 0.25) is 0 Å². The van der Waals surface area contributed by atoms with E-state index in [1.165, 1.54) is 5.57 Å². The Morgan fingerprint density at radius 1 is 0.718 bits per heavy atom. The summed E-state index contributed by atoms with van der Waals surface area (Å²) in [5.41, 5.74) is 1.26. The van der Waals surface area contributed by atoms with Gasteiger partial charge in [-0.25, -0.2) is 0 Å². The number of rotatable bonds is 17. The minimum atomic E-state index is -1.81. The number of fused-ring (bicyclic) bond motifs is 7. The number of aliphatic hydroxyl groups excluding tert-OH is 11. The molecule has 78 heavy (non-hydrogen) atoms. The second-order valence-corrected chi connectivity index (χ2v) is 25.0. The second kappa shape index (κ2) is 24.2. The van der Waals surface area contributed by atoms with Gasteiger partial charge in [0.2, 0.25) is 0 Å². The minimum Gasteiger partial charge on any atom is -0.463 e. The van der Waals surface area contributed by atoms with Gasteiger partial charge in [-0.15, -0.1) is 0 Å². The van der Waals surface area contributed by atoms with Crippen LogP contribution in [0.3, 0.4) is 0 Å². The molecular formula is C55H90O23. The van der Waals surface area contributed by atoms with Crippen molar-refractivity contribution in [1.29, 1.82) is 0 Å². The highest BCUT2D eigenvalue weighted by Gasteiger charge is 2.68. The van der Waals surface area contributed by atoms with Crippen molar-refractivity contribution >= 4 is 5.97 Å². The molecule has 0 bridgehead atoms. The Morgan fingerprint density at radius 2 is 1.35 bits per heavy atom. The van der Waals surface area contributed by atoms with Gasteiger partial charge >= 0.3 is 5.97 Å². The zero-order valence-corrected chi connectivity index (χ0v) is 46.3. The van der Waals surface area contributed by atoms with E-state index in [0.717, 1.165) is 45.4 Å². The zero-order chi connectivity index (χ0) is 56.5. The Morgan fingerprint density at radius 3 is 2.03 bits per heavy atom. The molecule has 4 aliphatic carbocycles. The van der Waals surface area contributed by atoms with Crippen LogP contribution in [-0.2, 0) is 56.9 Å². The van der Waals surface area contributed by atoms with Crippen LogP contribution in [0, 0.1) is 52.3 Å². The summed E-state index contributed by atoms with van der Waals surface area (Å²) < 4.78 is 66.8. The first-order valence-corrected chi connectivity index (χ1v) is 28.5. The van der Waals surface area contributed by atoms with Crippen LogP contribution in [-0.4, -0.2) is 230 Å². The number of methoxy groups -OCH3 is 1. The van der Waals surface area contributed by atoms with E-state index in [0.29, 0.717) is 42.9 Å². The highest BCUT2D eigenvalue weighted by molar-refractivity contribution is 5.65. The van der Waals surface area contributed by atoms with Crippen molar-refractivity contribution in [3.8, 4) is 0 Å². The molecule has 0 aromatic carbocycles.